The zero-order valence-corrected chi connectivity index (χ0v) is 9.66. The fourth-order valence-electron chi connectivity index (χ4n) is 1.13. The molecule has 0 bridgehead atoms. The summed E-state index contributed by atoms with van der Waals surface area (Å²) >= 11 is 3.23. The highest BCUT2D eigenvalue weighted by molar-refractivity contribution is 9.10. The van der Waals surface area contributed by atoms with Crippen LogP contribution in [0.1, 0.15) is 19.3 Å². The predicted octanol–water partition coefficient (Wildman–Crippen LogP) is 3.34. The minimum absolute atomic E-state index is 0.299. The van der Waals surface area contributed by atoms with Gasteiger partial charge < -0.3 is 9.84 Å². The highest BCUT2D eigenvalue weighted by Gasteiger charge is 1.95. The van der Waals surface area contributed by atoms with Crippen molar-refractivity contribution in [2.75, 3.05) is 13.2 Å². The second kappa shape index (κ2) is 6.85. The predicted molar refractivity (Wildman–Crippen MR) is 60.5 cm³/mol. The van der Waals surface area contributed by atoms with Gasteiger partial charge in [0.25, 0.3) is 0 Å². The molecule has 0 atom stereocenters. The Kier molecular flexibility index (Phi) is 5.64. The second-order valence-corrected chi connectivity index (χ2v) is 4.07. The number of benzene rings is 1. The van der Waals surface area contributed by atoms with Gasteiger partial charge in [-0.25, -0.2) is 0 Å². The van der Waals surface area contributed by atoms with E-state index in [-0.39, 0.29) is 0 Å². The van der Waals surface area contributed by atoms with Gasteiger partial charge in [-0.1, -0.05) is 15.9 Å². The lowest BCUT2D eigenvalue weighted by Gasteiger charge is -2.08. The molecule has 0 amide bonds. The van der Waals surface area contributed by atoms with E-state index in [0.717, 1.165) is 17.7 Å². The van der Waals surface area contributed by atoms with Crippen LogP contribution < -0.4 is 0 Å². The fourth-order valence-corrected chi connectivity index (χ4v) is 1.39. The summed E-state index contributed by atoms with van der Waals surface area (Å²) in [7, 11) is 0. The van der Waals surface area contributed by atoms with E-state index < -0.39 is 0 Å². The van der Waals surface area contributed by atoms with Crippen LogP contribution in [0.3, 0.4) is 0 Å². The molecule has 2 rings (SSSR count). The van der Waals surface area contributed by atoms with Gasteiger partial charge in [0.1, 0.15) is 5.75 Å². The molecule has 0 radical (unpaired) electrons. The van der Waals surface area contributed by atoms with Gasteiger partial charge in [0.2, 0.25) is 0 Å². The van der Waals surface area contributed by atoms with Crippen molar-refractivity contribution in [1.82, 2.24) is 0 Å². The molecule has 78 valence electrons. The highest BCUT2D eigenvalue weighted by Crippen LogP contribution is 2.13. The maximum Gasteiger partial charge on any atom is 0.115 e. The van der Waals surface area contributed by atoms with Crippen molar-refractivity contribution < 1.29 is 9.84 Å². The number of halogens is 1. The van der Waals surface area contributed by atoms with Gasteiger partial charge in [-0.05, 0) is 43.5 Å². The first-order chi connectivity index (χ1) is 6.79. The average Bonchev–Trinajstić information content (AvgIpc) is 2.26. The number of rotatable bonds is 0. The molecule has 1 fully saturated rings. The Balaban J connectivity index is 0.000000146. The van der Waals surface area contributed by atoms with Crippen molar-refractivity contribution in [3.63, 3.8) is 0 Å². The van der Waals surface area contributed by atoms with Gasteiger partial charge in [-0.15, -0.1) is 0 Å². The molecule has 0 aliphatic carbocycles. The van der Waals surface area contributed by atoms with E-state index in [1.165, 1.54) is 19.3 Å². The lowest BCUT2D eigenvalue weighted by molar-refractivity contribution is 0.0968. The maximum atomic E-state index is 8.74. The highest BCUT2D eigenvalue weighted by atomic mass is 79.9. The van der Waals surface area contributed by atoms with Gasteiger partial charge in [0, 0.05) is 17.7 Å². The van der Waals surface area contributed by atoms with Crippen LogP contribution in [0.5, 0.6) is 5.75 Å². The Morgan fingerprint density at radius 1 is 1.00 bits per heavy atom. The Morgan fingerprint density at radius 3 is 1.86 bits per heavy atom. The number of phenols is 1. The summed E-state index contributed by atoms with van der Waals surface area (Å²) in [5.41, 5.74) is 0. The van der Waals surface area contributed by atoms with E-state index in [9.17, 15) is 0 Å². The molecule has 1 heterocycles. The summed E-state index contributed by atoms with van der Waals surface area (Å²) in [5, 5.41) is 8.74. The molecule has 1 saturated heterocycles. The molecule has 3 heteroatoms. The second-order valence-electron chi connectivity index (χ2n) is 3.15. The SMILES string of the molecule is C1CCOCC1.Oc1ccc(Br)cc1. The number of ether oxygens (including phenoxy) is 1. The largest absolute Gasteiger partial charge is 0.508 e. The van der Waals surface area contributed by atoms with Crippen LogP contribution in [0.2, 0.25) is 0 Å². The minimum Gasteiger partial charge on any atom is -0.508 e. The van der Waals surface area contributed by atoms with Crippen molar-refractivity contribution in [3.05, 3.63) is 28.7 Å². The molecular weight excluding hydrogens is 244 g/mol. The van der Waals surface area contributed by atoms with Crippen LogP contribution in [0.25, 0.3) is 0 Å². The van der Waals surface area contributed by atoms with Gasteiger partial charge in [-0.3, -0.25) is 0 Å². The standard InChI is InChI=1S/C6H5BrO.C5H10O/c7-5-1-3-6(8)4-2-5;1-2-4-6-5-3-1/h1-4,8H;1-5H2. The first-order valence-corrected chi connectivity index (χ1v) is 5.60. The topological polar surface area (TPSA) is 29.5 Å². The molecule has 0 saturated carbocycles. The van der Waals surface area contributed by atoms with Crippen molar-refractivity contribution >= 4 is 15.9 Å². The molecule has 0 aromatic heterocycles. The number of hydrogen-bond acceptors (Lipinski definition) is 2. The Labute approximate surface area is 93.0 Å². The third-order valence-electron chi connectivity index (χ3n) is 1.90. The average molecular weight is 259 g/mol. The normalized spacial score (nSPS) is 15.5. The molecular formula is C11H15BrO2. The van der Waals surface area contributed by atoms with Crippen molar-refractivity contribution in [2.24, 2.45) is 0 Å². The van der Waals surface area contributed by atoms with Crippen LogP contribution in [0.15, 0.2) is 28.7 Å². The van der Waals surface area contributed by atoms with Crippen molar-refractivity contribution in [1.29, 1.82) is 0 Å². The van der Waals surface area contributed by atoms with E-state index in [2.05, 4.69) is 15.9 Å². The van der Waals surface area contributed by atoms with E-state index in [0.29, 0.717) is 5.75 Å². The van der Waals surface area contributed by atoms with Gasteiger partial charge in [-0.2, -0.15) is 0 Å². The first kappa shape index (κ1) is 11.5. The molecule has 0 spiro atoms. The fraction of sp³-hybridized carbons (Fsp3) is 0.455. The van der Waals surface area contributed by atoms with Crippen LogP contribution in [0.4, 0.5) is 0 Å². The number of hydrogen-bond donors (Lipinski definition) is 1. The van der Waals surface area contributed by atoms with Crippen molar-refractivity contribution in [2.45, 2.75) is 19.3 Å². The zero-order chi connectivity index (χ0) is 10.2. The van der Waals surface area contributed by atoms with E-state index >= 15 is 0 Å². The molecule has 2 nitrogen and oxygen atoms in total. The van der Waals surface area contributed by atoms with Gasteiger partial charge >= 0.3 is 0 Å². The van der Waals surface area contributed by atoms with Crippen LogP contribution in [-0.4, -0.2) is 18.3 Å². The summed E-state index contributed by atoms with van der Waals surface area (Å²) in [4.78, 5) is 0. The van der Waals surface area contributed by atoms with E-state index in [4.69, 9.17) is 9.84 Å². The Hall–Kier alpha value is -0.540. The summed E-state index contributed by atoms with van der Waals surface area (Å²) in [6.07, 6.45) is 3.93. The quantitative estimate of drug-likeness (QED) is 0.774. The smallest absolute Gasteiger partial charge is 0.115 e. The Morgan fingerprint density at radius 2 is 1.57 bits per heavy atom. The van der Waals surface area contributed by atoms with E-state index in [1.54, 1.807) is 24.3 Å². The number of phenolic OH excluding ortho intramolecular Hbond substituents is 1. The third kappa shape index (κ3) is 5.25. The van der Waals surface area contributed by atoms with Crippen LogP contribution in [0, 0.1) is 0 Å². The van der Waals surface area contributed by atoms with E-state index in [1.807, 2.05) is 0 Å². The maximum absolute atomic E-state index is 8.74. The molecule has 1 aromatic rings. The molecule has 0 unspecified atom stereocenters. The summed E-state index contributed by atoms with van der Waals surface area (Å²) in [5.74, 6) is 0.299. The number of aromatic hydroxyl groups is 1. The summed E-state index contributed by atoms with van der Waals surface area (Å²) < 4.78 is 6.05. The third-order valence-corrected chi connectivity index (χ3v) is 2.43. The molecule has 1 aromatic carbocycles. The molecule has 1 aliphatic rings. The van der Waals surface area contributed by atoms with Crippen LogP contribution in [-0.2, 0) is 4.74 Å². The summed E-state index contributed by atoms with van der Waals surface area (Å²) in [6.45, 7) is 2.00. The van der Waals surface area contributed by atoms with Gasteiger partial charge in [0.05, 0.1) is 0 Å². The first-order valence-electron chi connectivity index (χ1n) is 4.81. The summed E-state index contributed by atoms with van der Waals surface area (Å²) in [6, 6.07) is 6.83. The van der Waals surface area contributed by atoms with Crippen molar-refractivity contribution in [3.8, 4) is 5.75 Å². The lowest BCUT2D eigenvalue weighted by Crippen LogP contribution is -2.03. The Bertz CT molecular complexity index is 209. The molecule has 1 aliphatic heterocycles. The molecule has 1 N–H and O–H groups in total. The molecule has 14 heavy (non-hydrogen) atoms. The van der Waals surface area contributed by atoms with Gasteiger partial charge in [0.15, 0.2) is 0 Å². The lowest BCUT2D eigenvalue weighted by atomic mass is 10.2. The monoisotopic (exact) mass is 258 g/mol. The minimum atomic E-state index is 0.299. The van der Waals surface area contributed by atoms with Crippen LogP contribution >= 0.6 is 15.9 Å². The zero-order valence-electron chi connectivity index (χ0n) is 8.08.